The Kier molecular flexibility index (Phi) is 4.46. The summed E-state index contributed by atoms with van der Waals surface area (Å²) in [6.45, 7) is 4.34. The lowest BCUT2D eigenvalue weighted by Gasteiger charge is -2.24. The van der Waals surface area contributed by atoms with Crippen LogP contribution in [0.2, 0.25) is 5.02 Å². The molecule has 0 amide bonds. The van der Waals surface area contributed by atoms with Crippen LogP contribution in [0.5, 0.6) is 0 Å². The average molecular weight is 319 g/mol. The summed E-state index contributed by atoms with van der Waals surface area (Å²) in [6, 6.07) is 11.5. The molecule has 22 heavy (non-hydrogen) atoms. The Balaban J connectivity index is 1.78. The average Bonchev–Trinajstić information content (AvgIpc) is 3.23. The first-order valence-electron chi connectivity index (χ1n) is 7.67. The van der Waals surface area contributed by atoms with Gasteiger partial charge in [0.25, 0.3) is 0 Å². The second-order valence-corrected chi connectivity index (χ2v) is 6.63. The summed E-state index contributed by atoms with van der Waals surface area (Å²) < 4.78 is 13.0. The van der Waals surface area contributed by atoms with Crippen molar-refractivity contribution in [2.75, 3.05) is 0 Å². The third-order valence-corrected chi connectivity index (χ3v) is 4.70. The molecule has 1 fully saturated rings. The van der Waals surface area contributed by atoms with E-state index in [9.17, 15) is 4.39 Å². The lowest BCUT2D eigenvalue weighted by atomic mass is 9.99. The number of hydrogen-bond donors (Lipinski definition) is 1. The zero-order chi connectivity index (χ0) is 15.7. The number of pyridine rings is 1. The van der Waals surface area contributed by atoms with E-state index in [1.54, 1.807) is 6.07 Å². The molecule has 2 nitrogen and oxygen atoms in total. The second-order valence-electron chi connectivity index (χ2n) is 6.20. The molecule has 4 unspecified atom stereocenters. The van der Waals surface area contributed by atoms with E-state index >= 15 is 0 Å². The van der Waals surface area contributed by atoms with E-state index in [4.69, 9.17) is 11.6 Å². The highest BCUT2D eigenvalue weighted by Gasteiger charge is 2.40. The van der Waals surface area contributed by atoms with E-state index in [2.05, 4.69) is 36.3 Å². The fraction of sp³-hybridized carbons (Fsp3) is 0.389. The summed E-state index contributed by atoms with van der Waals surface area (Å²) in [6.07, 6.45) is 2.49. The van der Waals surface area contributed by atoms with Crippen molar-refractivity contribution < 1.29 is 4.39 Å². The quantitative estimate of drug-likeness (QED) is 0.846. The van der Waals surface area contributed by atoms with Gasteiger partial charge in [0.05, 0.1) is 11.9 Å². The molecule has 4 atom stereocenters. The summed E-state index contributed by atoms with van der Waals surface area (Å²) in [4.78, 5) is 4.18. The smallest absolute Gasteiger partial charge is 0.141 e. The maximum Gasteiger partial charge on any atom is 0.141 e. The van der Waals surface area contributed by atoms with Gasteiger partial charge in [-0.25, -0.2) is 4.39 Å². The van der Waals surface area contributed by atoms with Crippen molar-refractivity contribution in [1.29, 1.82) is 0 Å². The van der Waals surface area contributed by atoms with Gasteiger partial charge in [-0.1, -0.05) is 30.7 Å². The van der Waals surface area contributed by atoms with Crippen molar-refractivity contribution in [2.24, 2.45) is 11.8 Å². The molecular weight excluding hydrogens is 299 g/mol. The Hall–Kier alpha value is -1.45. The highest BCUT2D eigenvalue weighted by atomic mass is 35.5. The fourth-order valence-corrected chi connectivity index (χ4v) is 3.08. The number of hydrogen-bond acceptors (Lipinski definition) is 2. The highest BCUT2D eigenvalue weighted by molar-refractivity contribution is 6.30. The van der Waals surface area contributed by atoms with Gasteiger partial charge in [0.2, 0.25) is 0 Å². The highest BCUT2D eigenvalue weighted by Crippen LogP contribution is 2.47. The summed E-state index contributed by atoms with van der Waals surface area (Å²) in [7, 11) is 0. The van der Waals surface area contributed by atoms with Crippen LogP contribution in [0.1, 0.15) is 43.6 Å². The lowest BCUT2D eigenvalue weighted by Crippen LogP contribution is -2.27. The largest absolute Gasteiger partial charge is 0.302 e. The normalized spacial score (nSPS) is 23.1. The molecule has 0 bridgehead atoms. The zero-order valence-electron chi connectivity index (χ0n) is 12.8. The Bertz CT molecular complexity index is 627. The van der Waals surface area contributed by atoms with Gasteiger partial charge in [-0.2, -0.15) is 0 Å². The molecule has 1 heterocycles. The molecule has 1 saturated carbocycles. The zero-order valence-corrected chi connectivity index (χ0v) is 13.5. The molecule has 4 heteroatoms. The molecule has 1 aliphatic rings. The third-order valence-electron chi connectivity index (χ3n) is 4.45. The predicted molar refractivity (Wildman–Crippen MR) is 87.2 cm³/mol. The Morgan fingerprint density at radius 3 is 2.45 bits per heavy atom. The van der Waals surface area contributed by atoms with Crippen LogP contribution in [0.3, 0.4) is 0 Å². The maximum absolute atomic E-state index is 13.0. The van der Waals surface area contributed by atoms with E-state index < -0.39 is 0 Å². The molecule has 1 aromatic carbocycles. The maximum atomic E-state index is 13.0. The molecule has 0 radical (unpaired) electrons. The van der Waals surface area contributed by atoms with Gasteiger partial charge in [0.1, 0.15) is 5.82 Å². The van der Waals surface area contributed by atoms with E-state index in [0.29, 0.717) is 5.92 Å². The number of aromatic nitrogens is 1. The van der Waals surface area contributed by atoms with Crippen molar-refractivity contribution in [3.05, 3.63) is 64.7 Å². The van der Waals surface area contributed by atoms with Crippen molar-refractivity contribution in [3.63, 3.8) is 0 Å². The van der Waals surface area contributed by atoms with Crippen molar-refractivity contribution in [3.8, 4) is 0 Å². The van der Waals surface area contributed by atoms with Crippen molar-refractivity contribution in [1.82, 2.24) is 10.3 Å². The van der Waals surface area contributed by atoms with E-state index in [1.807, 2.05) is 12.1 Å². The van der Waals surface area contributed by atoms with Gasteiger partial charge in [-0.05, 0) is 55.0 Å². The molecule has 1 N–H and O–H groups in total. The van der Waals surface area contributed by atoms with Gasteiger partial charge in [0.15, 0.2) is 0 Å². The first-order valence-corrected chi connectivity index (χ1v) is 8.05. The molecule has 0 spiro atoms. The first-order chi connectivity index (χ1) is 10.5. The number of halogens is 2. The minimum absolute atomic E-state index is 0.0640. The van der Waals surface area contributed by atoms with Gasteiger partial charge >= 0.3 is 0 Å². The van der Waals surface area contributed by atoms with Gasteiger partial charge in [-0.3, -0.25) is 4.98 Å². The fourth-order valence-electron chi connectivity index (χ4n) is 2.95. The third kappa shape index (κ3) is 3.47. The SMILES string of the molecule is CC(NC(c1ccc(Cl)cc1)C1CC1C)c1ccc(F)cn1. The molecule has 116 valence electrons. The van der Waals surface area contributed by atoms with Crippen LogP contribution in [0.15, 0.2) is 42.6 Å². The van der Waals surface area contributed by atoms with E-state index in [1.165, 1.54) is 24.2 Å². The van der Waals surface area contributed by atoms with Gasteiger partial charge < -0.3 is 5.32 Å². The van der Waals surface area contributed by atoms with Crippen LogP contribution in [0.4, 0.5) is 4.39 Å². The Labute approximate surface area is 135 Å². The van der Waals surface area contributed by atoms with Crippen LogP contribution in [-0.2, 0) is 0 Å². The molecule has 2 aromatic rings. The molecule has 1 aliphatic carbocycles. The first kappa shape index (κ1) is 15.4. The molecule has 0 saturated heterocycles. The summed E-state index contributed by atoms with van der Waals surface area (Å²) >= 11 is 5.99. The number of nitrogens with zero attached hydrogens (tertiary/aromatic N) is 1. The van der Waals surface area contributed by atoms with E-state index in [0.717, 1.165) is 16.6 Å². The van der Waals surface area contributed by atoms with Crippen LogP contribution < -0.4 is 5.32 Å². The van der Waals surface area contributed by atoms with Crippen LogP contribution >= 0.6 is 11.6 Å². The number of rotatable bonds is 5. The second kappa shape index (κ2) is 6.35. The number of nitrogens with one attached hydrogen (secondary N) is 1. The summed E-state index contributed by atoms with van der Waals surface area (Å²) in [5.74, 6) is 1.05. The molecular formula is C18H20ClFN2. The topological polar surface area (TPSA) is 24.9 Å². The predicted octanol–water partition coefficient (Wildman–Crippen LogP) is 4.92. The summed E-state index contributed by atoms with van der Waals surface area (Å²) in [5, 5.41) is 4.40. The molecule has 0 aliphatic heterocycles. The van der Waals surface area contributed by atoms with Crippen molar-refractivity contribution >= 4 is 11.6 Å². The van der Waals surface area contributed by atoms with Crippen LogP contribution in [0, 0.1) is 17.7 Å². The van der Waals surface area contributed by atoms with Gasteiger partial charge in [0, 0.05) is 17.1 Å². The van der Waals surface area contributed by atoms with Crippen LogP contribution in [0.25, 0.3) is 0 Å². The summed E-state index contributed by atoms with van der Waals surface area (Å²) in [5.41, 5.74) is 2.10. The number of benzene rings is 1. The minimum atomic E-state index is -0.305. The van der Waals surface area contributed by atoms with Crippen LogP contribution in [-0.4, -0.2) is 4.98 Å². The van der Waals surface area contributed by atoms with Gasteiger partial charge in [-0.15, -0.1) is 0 Å². The van der Waals surface area contributed by atoms with E-state index in [-0.39, 0.29) is 17.9 Å². The van der Waals surface area contributed by atoms with Crippen molar-refractivity contribution in [2.45, 2.75) is 32.4 Å². The Morgan fingerprint density at radius 1 is 1.23 bits per heavy atom. The standard InChI is InChI=1S/C18H20ClFN2/c1-11-9-16(11)18(13-3-5-14(19)6-4-13)22-12(2)17-8-7-15(20)10-21-17/h3-8,10-12,16,18,22H,9H2,1-2H3. The lowest BCUT2D eigenvalue weighted by molar-refractivity contribution is 0.409. The molecule has 1 aromatic heterocycles. The minimum Gasteiger partial charge on any atom is -0.302 e. The molecule has 3 rings (SSSR count). The monoisotopic (exact) mass is 318 g/mol. The Morgan fingerprint density at radius 2 is 1.91 bits per heavy atom.